The van der Waals surface area contributed by atoms with E-state index in [0.717, 1.165) is 43.9 Å². The Morgan fingerprint density at radius 1 is 0.848 bits per heavy atom. The number of para-hydroxylation sites is 1. The lowest BCUT2D eigenvalue weighted by molar-refractivity contribution is 0.250. The molecule has 5 heteroatoms. The quantitative estimate of drug-likeness (QED) is 0.410. The minimum absolute atomic E-state index is 0.261. The fraction of sp³-hybridized carbons (Fsp3) is 0.321. The molecule has 1 saturated heterocycles. The van der Waals surface area contributed by atoms with E-state index >= 15 is 0 Å². The van der Waals surface area contributed by atoms with E-state index in [1.54, 1.807) is 4.57 Å². The maximum Gasteiger partial charge on any atom is 0.420 e. The molecule has 0 saturated carbocycles. The molecule has 0 radical (unpaired) electrons. The Morgan fingerprint density at radius 3 is 2.33 bits per heavy atom. The molecule has 0 aliphatic carbocycles. The number of benzene rings is 3. The highest BCUT2D eigenvalue weighted by Gasteiger charge is 2.22. The van der Waals surface area contributed by atoms with Crippen molar-refractivity contribution in [3.8, 4) is 11.1 Å². The van der Waals surface area contributed by atoms with Crippen LogP contribution in [-0.4, -0.2) is 35.6 Å². The van der Waals surface area contributed by atoms with Gasteiger partial charge in [-0.2, -0.15) is 0 Å². The average molecular weight is 442 g/mol. The van der Waals surface area contributed by atoms with E-state index in [0.29, 0.717) is 18.0 Å². The Hall–Kier alpha value is -3.31. The van der Waals surface area contributed by atoms with Crippen LogP contribution in [0.4, 0.5) is 5.69 Å². The molecule has 0 amide bonds. The summed E-state index contributed by atoms with van der Waals surface area (Å²) in [5.41, 5.74) is 6.49. The highest BCUT2D eigenvalue weighted by molar-refractivity contribution is 5.87. The first-order valence-electron chi connectivity index (χ1n) is 11.8. The first kappa shape index (κ1) is 21.5. The topological polar surface area (TPSA) is 41.6 Å². The van der Waals surface area contributed by atoms with Crippen molar-refractivity contribution >= 4 is 16.8 Å². The van der Waals surface area contributed by atoms with Gasteiger partial charge < -0.3 is 9.32 Å². The molecule has 3 aromatic carbocycles. The zero-order valence-corrected chi connectivity index (χ0v) is 19.4. The number of oxazole rings is 1. The molecule has 0 atom stereocenters. The van der Waals surface area contributed by atoms with Crippen LogP contribution in [0.1, 0.15) is 19.4 Å². The molecular weight excluding hydrogens is 410 g/mol. The second-order valence-electron chi connectivity index (χ2n) is 9.33. The molecule has 33 heavy (non-hydrogen) atoms. The third-order valence-electron chi connectivity index (χ3n) is 6.38. The van der Waals surface area contributed by atoms with Crippen molar-refractivity contribution in [1.82, 2.24) is 9.47 Å². The number of fused-ring (bicyclic) bond motifs is 1. The Labute approximate surface area is 194 Å². The third-order valence-corrected chi connectivity index (χ3v) is 6.38. The van der Waals surface area contributed by atoms with Gasteiger partial charge in [0, 0.05) is 39.3 Å². The molecule has 0 bridgehead atoms. The maximum absolute atomic E-state index is 12.5. The summed E-state index contributed by atoms with van der Waals surface area (Å²) in [4.78, 5) is 17.3. The largest absolute Gasteiger partial charge is 0.420 e. The van der Waals surface area contributed by atoms with E-state index in [2.05, 4.69) is 84.3 Å². The van der Waals surface area contributed by atoms with E-state index in [1.807, 2.05) is 12.1 Å². The van der Waals surface area contributed by atoms with Gasteiger partial charge in [-0.15, -0.1) is 0 Å². The first-order chi connectivity index (χ1) is 16.1. The van der Waals surface area contributed by atoms with Crippen LogP contribution in [0, 0.1) is 5.92 Å². The van der Waals surface area contributed by atoms with Crippen LogP contribution >= 0.6 is 0 Å². The Morgan fingerprint density at radius 2 is 1.58 bits per heavy atom. The van der Waals surface area contributed by atoms with Gasteiger partial charge in [-0.1, -0.05) is 68.4 Å². The molecule has 1 fully saturated rings. The van der Waals surface area contributed by atoms with Gasteiger partial charge in [0.1, 0.15) is 0 Å². The minimum atomic E-state index is -0.261. The van der Waals surface area contributed by atoms with E-state index in [-0.39, 0.29) is 5.76 Å². The van der Waals surface area contributed by atoms with Gasteiger partial charge in [-0.05, 0) is 40.8 Å². The van der Waals surface area contributed by atoms with Crippen molar-refractivity contribution in [3.63, 3.8) is 0 Å². The molecule has 1 aliphatic rings. The maximum atomic E-state index is 12.5. The molecule has 170 valence electrons. The van der Waals surface area contributed by atoms with Crippen molar-refractivity contribution in [2.75, 3.05) is 31.1 Å². The lowest BCUT2D eigenvalue weighted by Gasteiger charge is -2.36. The molecule has 0 spiro atoms. The van der Waals surface area contributed by atoms with Crippen LogP contribution < -0.4 is 10.7 Å². The Kier molecular flexibility index (Phi) is 6.05. The van der Waals surface area contributed by atoms with Gasteiger partial charge in [0.15, 0.2) is 5.58 Å². The van der Waals surface area contributed by atoms with Crippen LogP contribution in [0.3, 0.4) is 0 Å². The van der Waals surface area contributed by atoms with Crippen LogP contribution in [0.2, 0.25) is 0 Å². The second-order valence-corrected chi connectivity index (χ2v) is 9.33. The molecule has 0 N–H and O–H groups in total. The summed E-state index contributed by atoms with van der Waals surface area (Å²) >= 11 is 0. The predicted octanol–water partition coefficient (Wildman–Crippen LogP) is 5.24. The number of piperazine rings is 1. The van der Waals surface area contributed by atoms with E-state index < -0.39 is 0 Å². The van der Waals surface area contributed by atoms with Crippen LogP contribution in [0.15, 0.2) is 82.0 Å². The van der Waals surface area contributed by atoms with Gasteiger partial charge in [-0.25, -0.2) is 4.79 Å². The zero-order chi connectivity index (χ0) is 22.8. The smallest absolute Gasteiger partial charge is 0.405 e. The lowest BCUT2D eigenvalue weighted by Crippen LogP contribution is -2.46. The summed E-state index contributed by atoms with van der Waals surface area (Å²) in [7, 11) is 0. The predicted molar refractivity (Wildman–Crippen MR) is 135 cm³/mol. The summed E-state index contributed by atoms with van der Waals surface area (Å²) in [6, 6.07) is 25.5. The number of hydrogen-bond donors (Lipinski definition) is 0. The van der Waals surface area contributed by atoms with E-state index in [1.165, 1.54) is 16.7 Å². The van der Waals surface area contributed by atoms with Gasteiger partial charge >= 0.3 is 5.76 Å². The van der Waals surface area contributed by atoms with Crippen LogP contribution in [0.5, 0.6) is 0 Å². The minimum Gasteiger partial charge on any atom is -0.405 e. The van der Waals surface area contributed by atoms with Crippen LogP contribution in [0.25, 0.3) is 22.2 Å². The van der Waals surface area contributed by atoms with Crippen LogP contribution in [-0.2, 0) is 13.1 Å². The summed E-state index contributed by atoms with van der Waals surface area (Å²) in [6.07, 6.45) is 0. The monoisotopic (exact) mass is 441 g/mol. The molecule has 0 unspecified atom stereocenters. The highest BCUT2D eigenvalue weighted by atomic mass is 16.4. The molecule has 4 aromatic rings. The number of rotatable bonds is 6. The molecule has 5 rings (SSSR count). The fourth-order valence-corrected chi connectivity index (χ4v) is 4.74. The highest BCUT2D eigenvalue weighted by Crippen LogP contribution is 2.28. The molecular formula is C28H31N3O2. The normalized spacial score (nSPS) is 14.9. The standard InChI is InChI=1S/C28H31N3O2/c1-21(2)19-31-26-13-7-12-25(27(26)33-28(31)32)30-16-14-29(15-17-30)20-22-8-6-11-24(18-22)23-9-4-3-5-10-23/h3-13,18,21H,14-17,19-20H2,1-2H3. The van der Waals surface area contributed by atoms with Crippen molar-refractivity contribution in [3.05, 3.63) is 88.9 Å². The van der Waals surface area contributed by atoms with Crippen molar-refractivity contribution in [2.24, 2.45) is 5.92 Å². The number of nitrogens with zero attached hydrogens (tertiary/aromatic N) is 3. The molecule has 5 nitrogen and oxygen atoms in total. The van der Waals surface area contributed by atoms with Crippen molar-refractivity contribution < 1.29 is 4.42 Å². The summed E-state index contributed by atoms with van der Waals surface area (Å²) in [5.74, 6) is 0.124. The van der Waals surface area contributed by atoms with Gasteiger partial charge in [0.05, 0.1) is 11.2 Å². The summed E-state index contributed by atoms with van der Waals surface area (Å²) in [6.45, 7) is 9.62. The average Bonchev–Trinajstić information content (AvgIpc) is 3.15. The fourth-order valence-electron chi connectivity index (χ4n) is 4.74. The molecule has 2 heterocycles. The number of hydrogen-bond acceptors (Lipinski definition) is 4. The molecule has 1 aromatic heterocycles. The van der Waals surface area contributed by atoms with E-state index in [4.69, 9.17) is 4.42 Å². The number of aromatic nitrogens is 1. The summed E-state index contributed by atoms with van der Waals surface area (Å²) in [5, 5.41) is 0. The number of anilines is 1. The Bertz CT molecular complexity index is 1280. The summed E-state index contributed by atoms with van der Waals surface area (Å²) < 4.78 is 7.48. The second kappa shape index (κ2) is 9.28. The lowest BCUT2D eigenvalue weighted by atomic mass is 10.0. The first-order valence-corrected chi connectivity index (χ1v) is 11.8. The van der Waals surface area contributed by atoms with E-state index in [9.17, 15) is 4.79 Å². The zero-order valence-electron chi connectivity index (χ0n) is 19.4. The van der Waals surface area contributed by atoms with Gasteiger partial charge in [0.2, 0.25) is 0 Å². The SMILES string of the molecule is CC(C)Cn1c(=O)oc2c(N3CCN(Cc4cccc(-c5ccccc5)c4)CC3)cccc21. The van der Waals surface area contributed by atoms with Crippen molar-refractivity contribution in [2.45, 2.75) is 26.9 Å². The Balaban J connectivity index is 1.28. The van der Waals surface area contributed by atoms with Gasteiger partial charge in [0.25, 0.3) is 0 Å². The van der Waals surface area contributed by atoms with Gasteiger partial charge in [-0.3, -0.25) is 9.47 Å². The van der Waals surface area contributed by atoms with Crippen molar-refractivity contribution in [1.29, 1.82) is 0 Å². The third kappa shape index (κ3) is 4.60. The molecule has 1 aliphatic heterocycles.